The molecule has 6 atom stereocenters. The monoisotopic (exact) mass is 477 g/mol. The summed E-state index contributed by atoms with van der Waals surface area (Å²) in [5.74, 6) is 0.933. The van der Waals surface area contributed by atoms with E-state index in [1.807, 2.05) is 0 Å². The molecule has 4 aliphatic carbocycles. The lowest BCUT2D eigenvalue weighted by molar-refractivity contribution is -0.777. The van der Waals surface area contributed by atoms with Crippen molar-refractivity contribution in [2.75, 3.05) is 13.2 Å². The average Bonchev–Trinajstić information content (AvgIpc) is 3.47. The zero-order valence-electron chi connectivity index (χ0n) is 18.0. The molecule has 0 aromatic carbocycles. The van der Waals surface area contributed by atoms with Crippen LogP contribution in [-0.4, -0.2) is 30.4 Å². The first-order valence-electron chi connectivity index (χ1n) is 11.7. The standard InChI is InChI=1S/C22H32F2O7S/c23-22(24,32-31-30-27)21(26)29-12-16-9-15-10-18(16)19-7-14(6-17(15)19)8-20(25)28-11-13-4-2-1-3-5-13/h13-19,27H,1-12H2/p-1. The topological polar surface area (TPSA) is 94.1 Å². The van der Waals surface area contributed by atoms with Gasteiger partial charge in [0.25, 0.3) is 0 Å². The number of ether oxygens (including phenoxy) is 2. The molecule has 0 aliphatic heterocycles. The predicted octanol–water partition coefficient (Wildman–Crippen LogP) is 3.81. The van der Waals surface area contributed by atoms with Crippen LogP contribution in [0.1, 0.15) is 64.2 Å². The highest BCUT2D eigenvalue weighted by atomic mass is 32.2. The van der Waals surface area contributed by atoms with E-state index in [2.05, 4.69) is 9.37 Å². The van der Waals surface area contributed by atoms with Gasteiger partial charge in [0.05, 0.1) is 13.2 Å². The van der Waals surface area contributed by atoms with Crippen molar-refractivity contribution < 1.29 is 42.5 Å². The first-order chi connectivity index (χ1) is 15.4. The van der Waals surface area contributed by atoms with Gasteiger partial charge in [-0.25, -0.2) is 4.79 Å². The van der Waals surface area contributed by atoms with Crippen LogP contribution in [0.25, 0.3) is 0 Å². The molecule has 10 heteroatoms. The third-order valence-corrected chi connectivity index (χ3v) is 8.69. The zero-order valence-corrected chi connectivity index (χ0v) is 18.9. The summed E-state index contributed by atoms with van der Waals surface area (Å²) in [4.78, 5) is 24.0. The lowest BCUT2D eigenvalue weighted by atomic mass is 9.76. The maximum Gasteiger partial charge on any atom is 0.415 e. The number of hydrogen-bond acceptors (Lipinski definition) is 8. The Hall–Kier alpha value is -0.970. The number of halogens is 2. The fraction of sp³-hybridized carbons (Fsp3) is 0.909. The third kappa shape index (κ3) is 5.56. The second-order valence-corrected chi connectivity index (χ2v) is 10.9. The summed E-state index contributed by atoms with van der Waals surface area (Å²) in [7, 11) is 0. The largest absolute Gasteiger partial charge is 0.691 e. The zero-order chi connectivity index (χ0) is 22.7. The highest BCUT2D eigenvalue weighted by molar-refractivity contribution is 7.96. The number of carbonyl (C=O) groups is 2. The average molecular weight is 478 g/mol. The van der Waals surface area contributed by atoms with Crippen LogP contribution in [0, 0.1) is 41.4 Å². The van der Waals surface area contributed by atoms with Crippen molar-refractivity contribution in [2.45, 2.75) is 69.5 Å². The van der Waals surface area contributed by atoms with Gasteiger partial charge in [-0.15, -0.1) is 0 Å². The molecule has 6 unspecified atom stereocenters. The van der Waals surface area contributed by atoms with Crippen molar-refractivity contribution in [2.24, 2.45) is 41.4 Å². The van der Waals surface area contributed by atoms with Gasteiger partial charge in [0.1, 0.15) is 12.0 Å². The van der Waals surface area contributed by atoms with Gasteiger partial charge in [-0.2, -0.15) is 13.1 Å². The Morgan fingerprint density at radius 1 is 0.906 bits per heavy atom. The molecule has 0 N–H and O–H groups in total. The van der Waals surface area contributed by atoms with Crippen LogP contribution < -0.4 is 5.26 Å². The maximum absolute atomic E-state index is 13.5. The van der Waals surface area contributed by atoms with Gasteiger partial charge in [-0.05, 0) is 80.0 Å². The lowest BCUT2D eigenvalue weighted by Crippen LogP contribution is -2.32. The summed E-state index contributed by atoms with van der Waals surface area (Å²) in [6, 6.07) is 0. The molecule has 4 aliphatic rings. The highest BCUT2D eigenvalue weighted by Crippen LogP contribution is 2.62. The van der Waals surface area contributed by atoms with E-state index in [1.165, 1.54) is 19.3 Å². The summed E-state index contributed by atoms with van der Waals surface area (Å²) in [6.45, 7) is 0.484. The van der Waals surface area contributed by atoms with E-state index in [0.29, 0.717) is 48.5 Å². The minimum atomic E-state index is -4.00. The van der Waals surface area contributed by atoms with Crippen LogP contribution in [0.3, 0.4) is 0 Å². The number of hydrogen-bond donors (Lipinski definition) is 0. The lowest BCUT2D eigenvalue weighted by Gasteiger charge is -2.31. The Bertz CT molecular complexity index is 673. The molecular formula is C22H31F2O7S-. The number of esters is 2. The highest BCUT2D eigenvalue weighted by Gasteiger charge is 2.56. The maximum atomic E-state index is 13.5. The van der Waals surface area contributed by atoms with E-state index in [1.54, 1.807) is 0 Å². The van der Waals surface area contributed by atoms with E-state index in [-0.39, 0.29) is 18.5 Å². The minimum Gasteiger partial charge on any atom is -0.691 e. The Labute approximate surface area is 190 Å². The van der Waals surface area contributed by atoms with Crippen molar-refractivity contribution in [3.8, 4) is 0 Å². The molecule has 0 spiro atoms. The molecule has 0 aromatic heterocycles. The molecule has 0 radical (unpaired) electrons. The molecule has 0 heterocycles. The van der Waals surface area contributed by atoms with Gasteiger partial charge in [-0.3, -0.25) is 9.83 Å². The van der Waals surface area contributed by atoms with E-state index < -0.39 is 23.3 Å². The Kier molecular flexibility index (Phi) is 7.95. The Balaban J connectivity index is 1.20. The molecule has 4 rings (SSSR count). The van der Waals surface area contributed by atoms with Crippen molar-refractivity contribution >= 4 is 24.0 Å². The van der Waals surface area contributed by atoms with E-state index in [4.69, 9.17) is 9.47 Å². The van der Waals surface area contributed by atoms with Gasteiger partial charge >= 0.3 is 17.2 Å². The van der Waals surface area contributed by atoms with Gasteiger partial charge < -0.3 is 14.7 Å². The van der Waals surface area contributed by atoms with Crippen molar-refractivity contribution in [3.05, 3.63) is 0 Å². The molecule has 4 saturated carbocycles. The van der Waals surface area contributed by atoms with Gasteiger partial charge in [0, 0.05) is 6.42 Å². The second kappa shape index (κ2) is 10.5. The Morgan fingerprint density at radius 3 is 2.41 bits per heavy atom. The Morgan fingerprint density at radius 2 is 1.66 bits per heavy atom. The van der Waals surface area contributed by atoms with Gasteiger partial charge in [-0.1, -0.05) is 19.3 Å². The molecule has 0 saturated heterocycles. The molecule has 182 valence electrons. The van der Waals surface area contributed by atoms with E-state index in [0.717, 1.165) is 38.5 Å². The molecule has 4 fully saturated rings. The normalized spacial score (nSPS) is 34.5. The number of carbonyl (C=O) groups excluding carboxylic acids is 2. The second-order valence-electron chi connectivity index (χ2n) is 10.0. The number of rotatable bonds is 10. The van der Waals surface area contributed by atoms with Crippen molar-refractivity contribution in [1.82, 2.24) is 0 Å². The van der Waals surface area contributed by atoms with Crippen LogP contribution in [0.5, 0.6) is 0 Å². The number of fused-ring (bicyclic) bond motifs is 5. The minimum absolute atomic E-state index is 0.0553. The predicted molar refractivity (Wildman–Crippen MR) is 107 cm³/mol. The molecule has 7 nitrogen and oxygen atoms in total. The fourth-order valence-corrected chi connectivity index (χ4v) is 7.14. The van der Waals surface area contributed by atoms with Crippen LogP contribution in [0.4, 0.5) is 8.78 Å². The summed E-state index contributed by atoms with van der Waals surface area (Å²) in [5.41, 5.74) is 0. The van der Waals surface area contributed by atoms with Crippen LogP contribution in [0.15, 0.2) is 0 Å². The summed E-state index contributed by atoms with van der Waals surface area (Å²) in [5, 5.41) is 8.57. The summed E-state index contributed by atoms with van der Waals surface area (Å²) >= 11 is -0.668. The van der Waals surface area contributed by atoms with Crippen molar-refractivity contribution in [1.29, 1.82) is 0 Å². The van der Waals surface area contributed by atoms with Gasteiger partial charge in [0.15, 0.2) is 0 Å². The molecule has 32 heavy (non-hydrogen) atoms. The van der Waals surface area contributed by atoms with Crippen LogP contribution >= 0.6 is 12.0 Å². The number of alkyl halides is 2. The first kappa shape index (κ1) is 24.2. The molecule has 0 amide bonds. The van der Waals surface area contributed by atoms with E-state index in [9.17, 15) is 23.6 Å². The summed E-state index contributed by atoms with van der Waals surface area (Å²) < 4.78 is 41.1. The molecular weight excluding hydrogens is 446 g/mol. The van der Waals surface area contributed by atoms with Crippen LogP contribution in [0.2, 0.25) is 0 Å². The smallest absolute Gasteiger partial charge is 0.415 e. The molecule has 2 bridgehead atoms. The fourth-order valence-electron chi connectivity index (χ4n) is 6.90. The van der Waals surface area contributed by atoms with Crippen LogP contribution in [-0.2, 0) is 28.4 Å². The molecule has 0 aromatic rings. The van der Waals surface area contributed by atoms with Gasteiger partial charge in [0.2, 0.25) is 0 Å². The van der Waals surface area contributed by atoms with E-state index >= 15 is 0 Å². The summed E-state index contributed by atoms with van der Waals surface area (Å²) in [6.07, 6.45) is 10.4. The third-order valence-electron chi connectivity index (χ3n) is 8.20. The quantitative estimate of drug-likeness (QED) is 0.203. The SMILES string of the molecule is O=C(CC1CC2C3CC(COC(=O)C(F)(F)SOO[O-])C(C3)C2C1)OCC1CCCCC1. The van der Waals surface area contributed by atoms with Crippen molar-refractivity contribution in [3.63, 3.8) is 0 Å². The first-order valence-corrected chi connectivity index (χ1v) is 12.5.